The van der Waals surface area contributed by atoms with E-state index in [2.05, 4.69) is 351 Å². The van der Waals surface area contributed by atoms with Crippen LogP contribution in [-0.4, -0.2) is 0 Å². The first kappa shape index (κ1) is 51.6. The minimum absolute atomic E-state index is 1.08. The molecular formula is C77H64N4. The molecule has 0 aliphatic rings. The fourth-order valence-corrected chi connectivity index (χ4v) is 11.2. The molecule has 12 aromatic carbocycles. The molecule has 0 aromatic heterocycles. The van der Waals surface area contributed by atoms with Gasteiger partial charge in [-0.2, -0.15) is 0 Å². The summed E-state index contributed by atoms with van der Waals surface area (Å²) in [5, 5.41) is 0. The molecule has 12 rings (SSSR count). The number of anilines is 12. The zero-order valence-corrected chi connectivity index (χ0v) is 46.6. The average Bonchev–Trinajstić information content (AvgIpc) is 3.50. The molecule has 0 radical (unpaired) electrons. The van der Waals surface area contributed by atoms with Gasteiger partial charge < -0.3 is 19.6 Å². The SMILES string of the molecule is Cc1cccc(N(c2ccccc2)c2ccc(-c3ccc(N(c4ccc(-c5ccc(N(c6ccccc6)c6cccc(C)c6)cc5)cc4)c4ccc(-c5ccc(N(c6ccccc6)c6cccc(C)c6)c(C)c5)cc4C)cc3)cc2)c1. The predicted molar refractivity (Wildman–Crippen MR) is 345 cm³/mol. The molecule has 81 heavy (non-hydrogen) atoms. The zero-order valence-electron chi connectivity index (χ0n) is 46.6. The van der Waals surface area contributed by atoms with E-state index >= 15 is 0 Å². The Morgan fingerprint density at radius 3 is 0.704 bits per heavy atom. The van der Waals surface area contributed by atoms with Crippen LogP contribution in [0.3, 0.4) is 0 Å². The molecule has 0 saturated carbocycles. The number of rotatable bonds is 15. The molecule has 0 atom stereocenters. The van der Waals surface area contributed by atoms with Gasteiger partial charge in [0.15, 0.2) is 0 Å². The minimum Gasteiger partial charge on any atom is -0.310 e. The van der Waals surface area contributed by atoms with Crippen molar-refractivity contribution in [3.05, 3.63) is 325 Å². The molecule has 0 aliphatic heterocycles. The Kier molecular flexibility index (Phi) is 14.7. The molecule has 0 N–H and O–H groups in total. The van der Waals surface area contributed by atoms with Crippen LogP contribution in [-0.2, 0) is 0 Å². The molecule has 12 aromatic rings. The largest absolute Gasteiger partial charge is 0.310 e. The summed E-state index contributed by atoms with van der Waals surface area (Å²) in [6.07, 6.45) is 0. The van der Waals surface area contributed by atoms with Crippen LogP contribution in [0.15, 0.2) is 297 Å². The fourth-order valence-electron chi connectivity index (χ4n) is 11.2. The van der Waals surface area contributed by atoms with Crippen molar-refractivity contribution in [2.75, 3.05) is 19.6 Å². The maximum atomic E-state index is 2.39. The third kappa shape index (κ3) is 11.1. The van der Waals surface area contributed by atoms with Gasteiger partial charge in [-0.25, -0.2) is 0 Å². The summed E-state index contributed by atoms with van der Waals surface area (Å²) in [6, 6.07) is 108. The summed E-state index contributed by atoms with van der Waals surface area (Å²) in [5.41, 5.74) is 26.4. The quantitative estimate of drug-likeness (QED) is 0.101. The summed E-state index contributed by atoms with van der Waals surface area (Å²) in [4.78, 5) is 9.39. The Balaban J connectivity index is 0.876. The zero-order chi connectivity index (χ0) is 55.2. The van der Waals surface area contributed by atoms with Crippen LogP contribution < -0.4 is 19.6 Å². The van der Waals surface area contributed by atoms with Crippen LogP contribution in [0.2, 0.25) is 0 Å². The second-order valence-electron chi connectivity index (χ2n) is 21.1. The van der Waals surface area contributed by atoms with Crippen molar-refractivity contribution in [2.45, 2.75) is 34.6 Å². The van der Waals surface area contributed by atoms with Gasteiger partial charge in [-0.15, -0.1) is 0 Å². The molecule has 0 unspecified atom stereocenters. The Bertz CT molecular complexity index is 3910. The third-order valence-corrected chi connectivity index (χ3v) is 15.2. The lowest BCUT2D eigenvalue weighted by Gasteiger charge is -2.28. The van der Waals surface area contributed by atoms with E-state index in [1.807, 2.05) is 0 Å². The van der Waals surface area contributed by atoms with Gasteiger partial charge in [0.25, 0.3) is 0 Å². The van der Waals surface area contributed by atoms with Crippen LogP contribution in [0, 0.1) is 34.6 Å². The molecule has 0 fully saturated rings. The Hall–Kier alpha value is -10.2. The van der Waals surface area contributed by atoms with Crippen molar-refractivity contribution in [1.29, 1.82) is 0 Å². The van der Waals surface area contributed by atoms with Crippen molar-refractivity contribution in [2.24, 2.45) is 0 Å². The van der Waals surface area contributed by atoms with Crippen LogP contribution in [0.4, 0.5) is 68.2 Å². The lowest BCUT2D eigenvalue weighted by Crippen LogP contribution is -2.12. The van der Waals surface area contributed by atoms with Gasteiger partial charge in [0, 0.05) is 68.2 Å². The molecule has 0 aliphatic carbocycles. The van der Waals surface area contributed by atoms with Gasteiger partial charge in [-0.05, 0) is 241 Å². The molecule has 0 amide bonds. The molecule has 0 bridgehead atoms. The van der Waals surface area contributed by atoms with Crippen LogP contribution in [0.25, 0.3) is 33.4 Å². The lowest BCUT2D eigenvalue weighted by atomic mass is 9.98. The van der Waals surface area contributed by atoms with Crippen molar-refractivity contribution >= 4 is 68.2 Å². The number of para-hydroxylation sites is 3. The summed E-state index contributed by atoms with van der Waals surface area (Å²) < 4.78 is 0. The van der Waals surface area contributed by atoms with Gasteiger partial charge >= 0.3 is 0 Å². The topological polar surface area (TPSA) is 13.0 Å². The van der Waals surface area contributed by atoms with Crippen molar-refractivity contribution in [1.82, 2.24) is 0 Å². The highest BCUT2D eigenvalue weighted by Crippen LogP contribution is 2.44. The third-order valence-electron chi connectivity index (χ3n) is 15.2. The van der Waals surface area contributed by atoms with Gasteiger partial charge in [-0.1, -0.05) is 152 Å². The fraction of sp³-hybridized carbons (Fsp3) is 0.0649. The van der Waals surface area contributed by atoms with Gasteiger partial charge in [0.2, 0.25) is 0 Å². The number of benzene rings is 12. The second-order valence-corrected chi connectivity index (χ2v) is 21.1. The van der Waals surface area contributed by atoms with Crippen molar-refractivity contribution in [3.63, 3.8) is 0 Å². The Labute approximate surface area is 478 Å². The highest BCUT2D eigenvalue weighted by Gasteiger charge is 2.20. The second kappa shape index (κ2) is 23.0. The van der Waals surface area contributed by atoms with Crippen molar-refractivity contribution in [3.8, 4) is 33.4 Å². The summed E-state index contributed by atoms with van der Waals surface area (Å²) in [6.45, 7) is 10.9. The summed E-state index contributed by atoms with van der Waals surface area (Å²) in [5.74, 6) is 0. The molecule has 4 nitrogen and oxygen atoms in total. The van der Waals surface area contributed by atoms with E-state index in [9.17, 15) is 0 Å². The molecule has 392 valence electrons. The van der Waals surface area contributed by atoms with E-state index in [4.69, 9.17) is 0 Å². The first-order valence-electron chi connectivity index (χ1n) is 27.9. The number of hydrogen-bond acceptors (Lipinski definition) is 4. The van der Waals surface area contributed by atoms with Gasteiger partial charge in [0.1, 0.15) is 0 Å². The standard InChI is InChI=1S/C77H64N4/c1-55-18-15-27-73(50-55)78(66-21-9-6-10-22-66)69-40-30-60(31-41-69)62-34-44-71(45-35-62)80(72-46-36-63(37-47-72)61-32-42-70(43-33-61)79(67-23-11-7-12-24-67)74-28-16-19-56(2)51-74)76-48-38-64(53-58(76)4)65-39-49-77(59(5)54-65)81(68-25-13-8-14-26-68)75-29-17-20-57(3)52-75/h6-54H,1-5H3. The maximum Gasteiger partial charge on any atom is 0.0491 e. The van der Waals surface area contributed by atoms with Crippen molar-refractivity contribution < 1.29 is 0 Å². The van der Waals surface area contributed by atoms with Crippen LogP contribution in [0.1, 0.15) is 27.8 Å². The Morgan fingerprint density at radius 2 is 0.407 bits per heavy atom. The Morgan fingerprint density at radius 1 is 0.173 bits per heavy atom. The monoisotopic (exact) mass is 1040 g/mol. The molecule has 0 spiro atoms. The number of nitrogens with zero attached hydrogens (tertiary/aromatic N) is 4. The van der Waals surface area contributed by atoms with E-state index in [-0.39, 0.29) is 0 Å². The summed E-state index contributed by atoms with van der Waals surface area (Å²) >= 11 is 0. The maximum absolute atomic E-state index is 2.39. The lowest BCUT2D eigenvalue weighted by molar-refractivity contribution is 1.24. The van der Waals surface area contributed by atoms with Gasteiger partial charge in [-0.3, -0.25) is 0 Å². The molecule has 0 saturated heterocycles. The predicted octanol–water partition coefficient (Wildman–Crippen LogP) is 22.1. The van der Waals surface area contributed by atoms with E-state index in [1.54, 1.807) is 0 Å². The number of aryl methyl sites for hydroxylation is 5. The average molecular weight is 1050 g/mol. The molecule has 4 heteroatoms. The van der Waals surface area contributed by atoms with Crippen LogP contribution in [0.5, 0.6) is 0 Å². The first-order chi connectivity index (χ1) is 39.7. The number of hydrogen-bond donors (Lipinski definition) is 0. The smallest absolute Gasteiger partial charge is 0.0491 e. The minimum atomic E-state index is 1.08. The van der Waals surface area contributed by atoms with E-state index in [0.29, 0.717) is 0 Å². The van der Waals surface area contributed by atoms with E-state index in [0.717, 1.165) is 90.5 Å². The first-order valence-corrected chi connectivity index (χ1v) is 27.9. The van der Waals surface area contributed by atoms with Gasteiger partial charge in [0.05, 0.1) is 0 Å². The highest BCUT2D eigenvalue weighted by molar-refractivity contribution is 5.86. The summed E-state index contributed by atoms with van der Waals surface area (Å²) in [7, 11) is 0. The molecular weight excluding hydrogens is 981 g/mol. The van der Waals surface area contributed by atoms with Crippen LogP contribution >= 0.6 is 0 Å². The van der Waals surface area contributed by atoms with E-state index < -0.39 is 0 Å². The normalized spacial score (nSPS) is 11.0. The highest BCUT2D eigenvalue weighted by atomic mass is 15.2. The van der Waals surface area contributed by atoms with E-state index in [1.165, 1.54) is 38.9 Å². The molecule has 0 heterocycles.